The highest BCUT2D eigenvalue weighted by atomic mass is 31.2. The molecule has 0 spiro atoms. The number of carbonyl (C=O) groups is 3. The van der Waals surface area contributed by atoms with Gasteiger partial charge in [0.15, 0.2) is 5.78 Å². The van der Waals surface area contributed by atoms with Gasteiger partial charge >= 0.3 is 22.3 Å². The van der Waals surface area contributed by atoms with E-state index in [0.29, 0.717) is 32.5 Å². The van der Waals surface area contributed by atoms with Crippen LogP contribution in [0.1, 0.15) is 55.6 Å². The van der Waals surface area contributed by atoms with Crippen molar-refractivity contribution < 1.29 is 52.4 Å². The van der Waals surface area contributed by atoms with Crippen molar-refractivity contribution in [2.45, 2.75) is 57.4 Å². The predicted molar refractivity (Wildman–Crippen MR) is 175 cm³/mol. The summed E-state index contributed by atoms with van der Waals surface area (Å²) in [7, 11) is -11.3. The van der Waals surface area contributed by atoms with Gasteiger partial charge in [-0.25, -0.2) is 4.98 Å². The van der Waals surface area contributed by atoms with Gasteiger partial charge in [-0.15, -0.1) is 0 Å². The largest absolute Gasteiger partial charge is 0.480 e. The zero-order valence-corrected chi connectivity index (χ0v) is 28.7. The van der Waals surface area contributed by atoms with Gasteiger partial charge < -0.3 is 39.5 Å². The normalized spacial score (nSPS) is 16.2. The van der Waals surface area contributed by atoms with Gasteiger partial charge in [0, 0.05) is 57.5 Å². The molecule has 0 bridgehead atoms. The fraction of sp³-hybridized carbons (Fsp3) is 0.552. The molecule has 1 aromatic heterocycles. The number of hydrogen-bond acceptors (Lipinski definition) is 10. The second-order valence-corrected chi connectivity index (χ2v) is 15.8. The zero-order chi connectivity index (χ0) is 35.3. The van der Waals surface area contributed by atoms with Crippen molar-refractivity contribution in [2.24, 2.45) is 11.8 Å². The molecule has 0 aliphatic carbocycles. The van der Waals surface area contributed by atoms with Crippen molar-refractivity contribution in [3.63, 3.8) is 0 Å². The maximum atomic E-state index is 13.8. The van der Waals surface area contributed by atoms with E-state index in [1.165, 1.54) is 18.6 Å². The van der Waals surface area contributed by atoms with Gasteiger partial charge in [0.2, 0.25) is 17.3 Å². The summed E-state index contributed by atoms with van der Waals surface area (Å²) in [5, 5.41) is 4.85. The van der Waals surface area contributed by atoms with E-state index in [0.717, 1.165) is 5.56 Å². The minimum Gasteiger partial charge on any atom is -0.408 e. The first kappa shape index (κ1) is 39.6. The van der Waals surface area contributed by atoms with E-state index < -0.39 is 45.6 Å². The number of nitrogens with one attached hydrogen (secondary N) is 2. The molecule has 0 radical (unpaired) electrons. The number of nitrogens with zero attached hydrogens (tertiary/aromatic N) is 3. The molecule has 1 aromatic carbocycles. The van der Waals surface area contributed by atoms with Gasteiger partial charge in [-0.1, -0.05) is 44.2 Å². The van der Waals surface area contributed by atoms with Gasteiger partial charge in [0.05, 0.1) is 12.1 Å². The summed E-state index contributed by atoms with van der Waals surface area (Å²) in [4.78, 5) is 85.8. The Morgan fingerprint density at radius 1 is 0.979 bits per heavy atom. The lowest BCUT2D eigenvalue weighted by Gasteiger charge is -2.32. The molecule has 2 aromatic rings. The number of Topliss-reactive ketones (excluding diaryl/α,β-unsaturated/α-hetero) is 1. The molecule has 6 N–H and O–H groups in total. The molecule has 0 unspecified atom stereocenters. The fourth-order valence-electron chi connectivity index (χ4n) is 5.23. The van der Waals surface area contributed by atoms with E-state index in [1.54, 1.807) is 5.32 Å². The molecule has 2 amide bonds. The second kappa shape index (κ2) is 18.8. The first-order chi connectivity index (χ1) is 22.6. The number of aromatic nitrogens is 2. The Balaban J connectivity index is 1.58. The molecule has 1 aliphatic rings. The molecule has 16 nitrogen and oxygen atoms in total. The van der Waals surface area contributed by atoms with Gasteiger partial charge in [0.25, 0.3) is 0 Å². The SMILES string of the molecule is CC(C)C[C@@H](NC(=O)[C@H](CC(=O)c1cnccn1)Cc1ccccc1)B1OCCN(CCCC(=O)NC(P(=O)(O)O)P(=O)(O)O)CCO1. The van der Waals surface area contributed by atoms with E-state index in [4.69, 9.17) is 9.31 Å². The number of hydrogen-bond donors (Lipinski definition) is 6. The van der Waals surface area contributed by atoms with Crippen LogP contribution in [0.5, 0.6) is 0 Å². The monoisotopic (exact) mass is 711 g/mol. The van der Waals surface area contributed by atoms with Gasteiger partial charge in [-0.3, -0.25) is 33.4 Å². The van der Waals surface area contributed by atoms with Crippen molar-refractivity contribution in [3.8, 4) is 0 Å². The molecule has 1 fully saturated rings. The van der Waals surface area contributed by atoms with Crippen LogP contribution in [-0.2, 0) is 34.4 Å². The Kier molecular flexibility index (Phi) is 15.5. The number of amides is 2. The van der Waals surface area contributed by atoms with E-state index >= 15 is 0 Å². The first-order valence-corrected chi connectivity index (χ1v) is 19.0. The quantitative estimate of drug-likeness (QED) is 0.0772. The Morgan fingerprint density at radius 3 is 2.19 bits per heavy atom. The summed E-state index contributed by atoms with van der Waals surface area (Å²) < 4.78 is 35.0. The van der Waals surface area contributed by atoms with Crippen molar-refractivity contribution in [3.05, 3.63) is 60.2 Å². The molecule has 2 atom stereocenters. The number of benzene rings is 1. The number of ketones is 1. The van der Waals surface area contributed by atoms with E-state index in [2.05, 4.69) is 15.3 Å². The van der Waals surface area contributed by atoms with Crippen molar-refractivity contribution >= 4 is 39.9 Å². The number of rotatable bonds is 17. The molecule has 264 valence electrons. The highest BCUT2D eigenvalue weighted by molar-refractivity contribution is 7.70. The molecule has 0 saturated carbocycles. The third kappa shape index (κ3) is 13.6. The Bertz CT molecular complexity index is 1400. The van der Waals surface area contributed by atoms with Gasteiger partial charge in [-0.05, 0) is 37.3 Å². The average Bonchev–Trinajstić information content (AvgIpc) is 2.99. The molecule has 19 heteroatoms. The maximum absolute atomic E-state index is 13.8. The van der Waals surface area contributed by atoms with E-state index in [9.17, 15) is 43.1 Å². The summed E-state index contributed by atoms with van der Waals surface area (Å²) in [5.41, 5.74) is -1.50. The lowest BCUT2D eigenvalue weighted by molar-refractivity contribution is -0.125. The summed E-state index contributed by atoms with van der Waals surface area (Å²) in [6, 6.07) is 9.43. The Labute approximate surface area is 279 Å². The minimum atomic E-state index is -5.28. The molecule has 1 aliphatic heterocycles. The third-order valence-corrected chi connectivity index (χ3v) is 10.9. The Hall–Kier alpha value is -2.85. The van der Waals surface area contributed by atoms with Crippen LogP contribution in [-0.4, -0.2) is 103 Å². The van der Waals surface area contributed by atoms with E-state index in [1.807, 2.05) is 49.1 Å². The first-order valence-electron chi connectivity index (χ1n) is 15.6. The highest BCUT2D eigenvalue weighted by Gasteiger charge is 2.44. The fourth-order valence-corrected chi connectivity index (χ4v) is 7.42. The lowest BCUT2D eigenvalue weighted by atomic mass is 9.73. The van der Waals surface area contributed by atoms with Crippen molar-refractivity contribution in [2.75, 3.05) is 32.8 Å². The average molecular weight is 711 g/mol. The van der Waals surface area contributed by atoms with Crippen LogP contribution in [0.2, 0.25) is 0 Å². The van der Waals surface area contributed by atoms with Gasteiger partial charge in [0.1, 0.15) is 5.69 Å². The second-order valence-electron chi connectivity index (χ2n) is 12.0. The summed E-state index contributed by atoms with van der Waals surface area (Å²) in [5.74, 6) is -2.51. The van der Waals surface area contributed by atoms with E-state index in [-0.39, 0.29) is 55.8 Å². The van der Waals surface area contributed by atoms with Crippen LogP contribution in [0, 0.1) is 11.8 Å². The summed E-state index contributed by atoms with van der Waals surface area (Å²) >= 11 is 0. The molecule has 3 rings (SSSR count). The van der Waals surface area contributed by atoms with Crippen LogP contribution < -0.4 is 10.6 Å². The minimum absolute atomic E-state index is 0.0630. The maximum Gasteiger partial charge on any atom is 0.480 e. The molecule has 2 heterocycles. The van der Waals surface area contributed by atoms with Gasteiger partial charge in [-0.2, -0.15) is 0 Å². The predicted octanol–water partition coefficient (Wildman–Crippen LogP) is 1.35. The summed E-state index contributed by atoms with van der Waals surface area (Å²) in [6.07, 6.45) is 5.13. The molecular formula is C29H44BN5O11P2. The number of carbonyl (C=O) groups excluding carboxylic acids is 3. The van der Waals surface area contributed by atoms with Crippen molar-refractivity contribution in [1.82, 2.24) is 25.5 Å². The third-order valence-electron chi connectivity index (χ3n) is 7.54. The van der Waals surface area contributed by atoms with Crippen molar-refractivity contribution in [1.29, 1.82) is 0 Å². The zero-order valence-electron chi connectivity index (χ0n) is 27.0. The highest BCUT2D eigenvalue weighted by Crippen LogP contribution is 2.58. The topological polar surface area (TPSA) is 238 Å². The van der Waals surface area contributed by atoms with Crippen LogP contribution in [0.25, 0.3) is 0 Å². The van der Waals surface area contributed by atoms with Crippen LogP contribution in [0.15, 0.2) is 48.9 Å². The van der Waals surface area contributed by atoms with Crippen LogP contribution in [0.4, 0.5) is 0 Å². The molecule has 48 heavy (non-hydrogen) atoms. The molecule has 1 saturated heterocycles. The summed E-state index contributed by atoms with van der Waals surface area (Å²) in [6.45, 7) is 5.80. The smallest absolute Gasteiger partial charge is 0.408 e. The molecular weight excluding hydrogens is 667 g/mol. The standard InChI is InChI=1S/C29H44BN5O11P2/c1-21(2)17-26(33-28(38)23(18-22-7-4-3-5-8-22)19-25(36)24-20-31-10-11-32-24)30-45-15-13-35(14-16-46-30)12-6-9-27(37)34-29(47(39,40)41)48(42,43)44/h3-5,7-8,10-11,20-21,23,26,29H,6,9,12-19H2,1-2H3,(H,33,38)(H,34,37)(H2,39,40,41)(H2,42,43,44)/t23-,26+/m0/s1. The van der Waals surface area contributed by atoms with Crippen LogP contribution >= 0.6 is 15.2 Å². The Morgan fingerprint density at radius 2 is 1.62 bits per heavy atom. The lowest BCUT2D eigenvalue weighted by Crippen LogP contribution is -2.54. The van der Waals surface area contributed by atoms with Crippen LogP contribution in [0.3, 0.4) is 0 Å².